The topological polar surface area (TPSA) is 61.4 Å². The van der Waals surface area contributed by atoms with Crippen molar-refractivity contribution in [1.29, 1.82) is 0 Å². The Morgan fingerprint density at radius 2 is 2.11 bits per heavy atom. The van der Waals surface area contributed by atoms with Crippen LogP contribution in [0.3, 0.4) is 0 Å². The SMILES string of the molecule is Cc1ccc(NC(=O)NC(C)(C)CCO)cc1Cl. The fourth-order valence-electron chi connectivity index (χ4n) is 1.48. The summed E-state index contributed by atoms with van der Waals surface area (Å²) in [6.07, 6.45) is 0.495. The lowest BCUT2D eigenvalue weighted by Crippen LogP contribution is -2.46. The molecule has 5 heteroatoms. The molecule has 0 aliphatic rings. The van der Waals surface area contributed by atoms with E-state index >= 15 is 0 Å². The third-order valence-electron chi connectivity index (χ3n) is 2.62. The van der Waals surface area contributed by atoms with Crippen molar-refractivity contribution in [2.75, 3.05) is 11.9 Å². The van der Waals surface area contributed by atoms with E-state index < -0.39 is 5.54 Å². The summed E-state index contributed by atoms with van der Waals surface area (Å²) >= 11 is 5.98. The van der Waals surface area contributed by atoms with Crippen LogP contribution in [0.25, 0.3) is 0 Å². The largest absolute Gasteiger partial charge is 0.396 e. The summed E-state index contributed by atoms with van der Waals surface area (Å²) in [7, 11) is 0. The van der Waals surface area contributed by atoms with E-state index in [1.165, 1.54) is 0 Å². The van der Waals surface area contributed by atoms with E-state index in [-0.39, 0.29) is 12.6 Å². The molecular formula is C13H19ClN2O2. The van der Waals surface area contributed by atoms with Crippen molar-refractivity contribution in [2.45, 2.75) is 32.7 Å². The first-order valence-corrected chi connectivity index (χ1v) is 6.18. The number of amides is 2. The van der Waals surface area contributed by atoms with Crippen LogP contribution in [0.15, 0.2) is 18.2 Å². The van der Waals surface area contributed by atoms with Gasteiger partial charge in [0.05, 0.1) is 0 Å². The van der Waals surface area contributed by atoms with Crippen molar-refractivity contribution in [3.8, 4) is 0 Å². The molecule has 0 atom stereocenters. The lowest BCUT2D eigenvalue weighted by atomic mass is 10.0. The lowest BCUT2D eigenvalue weighted by molar-refractivity contribution is 0.218. The van der Waals surface area contributed by atoms with Gasteiger partial charge in [-0.1, -0.05) is 17.7 Å². The monoisotopic (exact) mass is 270 g/mol. The second-order valence-electron chi connectivity index (χ2n) is 4.90. The Balaban J connectivity index is 2.62. The van der Waals surface area contributed by atoms with Crippen LogP contribution in [-0.2, 0) is 0 Å². The highest BCUT2D eigenvalue weighted by molar-refractivity contribution is 6.31. The summed E-state index contributed by atoms with van der Waals surface area (Å²) in [6.45, 7) is 5.63. The number of hydrogen-bond acceptors (Lipinski definition) is 2. The minimum absolute atomic E-state index is 0.0314. The van der Waals surface area contributed by atoms with Crippen LogP contribution in [0.4, 0.5) is 10.5 Å². The number of rotatable bonds is 4. The van der Waals surface area contributed by atoms with Crippen molar-refractivity contribution in [2.24, 2.45) is 0 Å². The molecule has 0 radical (unpaired) electrons. The molecule has 0 fully saturated rings. The van der Waals surface area contributed by atoms with Gasteiger partial charge in [-0.05, 0) is 44.9 Å². The number of aryl methyl sites for hydroxylation is 1. The minimum Gasteiger partial charge on any atom is -0.396 e. The molecule has 0 aromatic heterocycles. The normalized spacial score (nSPS) is 11.2. The molecule has 0 spiro atoms. The Bertz CT molecular complexity index is 433. The van der Waals surface area contributed by atoms with Crippen LogP contribution in [0, 0.1) is 6.92 Å². The van der Waals surface area contributed by atoms with E-state index in [0.29, 0.717) is 17.1 Å². The molecular weight excluding hydrogens is 252 g/mol. The third-order valence-corrected chi connectivity index (χ3v) is 3.03. The standard InChI is InChI=1S/C13H19ClN2O2/c1-9-4-5-10(8-11(9)14)15-12(18)16-13(2,3)6-7-17/h4-5,8,17H,6-7H2,1-3H3,(H2,15,16,18). The van der Waals surface area contributed by atoms with E-state index in [1.807, 2.05) is 26.8 Å². The smallest absolute Gasteiger partial charge is 0.319 e. The van der Waals surface area contributed by atoms with Gasteiger partial charge in [0.15, 0.2) is 0 Å². The van der Waals surface area contributed by atoms with Crippen LogP contribution < -0.4 is 10.6 Å². The Labute approximate surface area is 112 Å². The van der Waals surface area contributed by atoms with Crippen molar-refractivity contribution < 1.29 is 9.90 Å². The van der Waals surface area contributed by atoms with Crippen LogP contribution in [0.1, 0.15) is 25.8 Å². The number of carbonyl (C=O) groups is 1. The van der Waals surface area contributed by atoms with Gasteiger partial charge in [-0.25, -0.2) is 4.79 Å². The molecule has 4 nitrogen and oxygen atoms in total. The van der Waals surface area contributed by atoms with Gasteiger partial charge in [-0.3, -0.25) is 0 Å². The van der Waals surface area contributed by atoms with Crippen LogP contribution in [-0.4, -0.2) is 23.3 Å². The summed E-state index contributed by atoms with van der Waals surface area (Å²) in [5.74, 6) is 0. The number of anilines is 1. The number of nitrogens with one attached hydrogen (secondary N) is 2. The molecule has 0 saturated heterocycles. The number of carbonyl (C=O) groups excluding carboxylic acids is 1. The van der Waals surface area contributed by atoms with Crippen molar-refractivity contribution in [1.82, 2.24) is 5.32 Å². The van der Waals surface area contributed by atoms with Crippen LogP contribution >= 0.6 is 11.6 Å². The van der Waals surface area contributed by atoms with Gasteiger partial charge in [0.2, 0.25) is 0 Å². The van der Waals surface area contributed by atoms with Gasteiger partial charge in [0.25, 0.3) is 0 Å². The minimum atomic E-state index is -0.451. The average molecular weight is 271 g/mol. The lowest BCUT2D eigenvalue weighted by Gasteiger charge is -2.25. The number of benzene rings is 1. The Morgan fingerprint density at radius 3 is 2.67 bits per heavy atom. The van der Waals surface area contributed by atoms with E-state index in [4.69, 9.17) is 16.7 Å². The predicted octanol–water partition coefficient (Wildman–Crippen LogP) is 2.93. The third kappa shape index (κ3) is 4.55. The number of halogens is 1. The zero-order chi connectivity index (χ0) is 13.8. The Morgan fingerprint density at radius 1 is 1.44 bits per heavy atom. The number of aliphatic hydroxyl groups excluding tert-OH is 1. The maximum absolute atomic E-state index is 11.8. The highest BCUT2D eigenvalue weighted by atomic mass is 35.5. The van der Waals surface area contributed by atoms with Gasteiger partial charge in [-0.2, -0.15) is 0 Å². The highest BCUT2D eigenvalue weighted by Gasteiger charge is 2.19. The molecule has 0 aliphatic carbocycles. The van der Waals surface area contributed by atoms with E-state index in [2.05, 4.69) is 10.6 Å². The maximum atomic E-state index is 11.8. The maximum Gasteiger partial charge on any atom is 0.319 e. The van der Waals surface area contributed by atoms with E-state index in [1.54, 1.807) is 12.1 Å². The molecule has 1 aromatic rings. The molecule has 2 amide bonds. The number of aliphatic hydroxyl groups is 1. The van der Waals surface area contributed by atoms with Crippen molar-refractivity contribution >= 4 is 23.3 Å². The van der Waals surface area contributed by atoms with Crippen molar-refractivity contribution in [3.05, 3.63) is 28.8 Å². The van der Waals surface area contributed by atoms with Crippen molar-refractivity contribution in [3.63, 3.8) is 0 Å². The molecule has 1 aromatic carbocycles. The zero-order valence-corrected chi connectivity index (χ0v) is 11.6. The molecule has 0 aliphatic heterocycles. The highest BCUT2D eigenvalue weighted by Crippen LogP contribution is 2.20. The molecule has 100 valence electrons. The number of hydrogen-bond donors (Lipinski definition) is 3. The first kappa shape index (κ1) is 14.8. The van der Waals surface area contributed by atoms with Crippen LogP contribution in [0.5, 0.6) is 0 Å². The fourth-order valence-corrected chi connectivity index (χ4v) is 1.66. The second-order valence-corrected chi connectivity index (χ2v) is 5.31. The first-order chi connectivity index (χ1) is 8.34. The molecule has 18 heavy (non-hydrogen) atoms. The quantitative estimate of drug-likeness (QED) is 0.788. The summed E-state index contributed by atoms with van der Waals surface area (Å²) in [6, 6.07) is 5.03. The Hall–Kier alpha value is -1.26. The molecule has 0 saturated carbocycles. The Kier molecular flexibility index (Phi) is 4.99. The molecule has 3 N–H and O–H groups in total. The second kappa shape index (κ2) is 6.07. The van der Waals surface area contributed by atoms with Gasteiger partial charge >= 0.3 is 6.03 Å². The summed E-state index contributed by atoms with van der Waals surface area (Å²) in [5, 5.41) is 15.0. The van der Waals surface area contributed by atoms with E-state index in [9.17, 15) is 4.79 Å². The summed E-state index contributed by atoms with van der Waals surface area (Å²) < 4.78 is 0. The fraction of sp³-hybridized carbons (Fsp3) is 0.462. The van der Waals surface area contributed by atoms with E-state index in [0.717, 1.165) is 5.56 Å². The molecule has 0 heterocycles. The summed E-state index contributed by atoms with van der Waals surface area (Å²) in [5.41, 5.74) is 1.15. The number of urea groups is 1. The molecule has 0 bridgehead atoms. The predicted molar refractivity (Wildman–Crippen MR) is 74.1 cm³/mol. The van der Waals surface area contributed by atoms with Gasteiger partial charge in [0.1, 0.15) is 0 Å². The average Bonchev–Trinajstić information content (AvgIpc) is 2.22. The first-order valence-electron chi connectivity index (χ1n) is 5.80. The summed E-state index contributed by atoms with van der Waals surface area (Å²) in [4.78, 5) is 11.8. The van der Waals surface area contributed by atoms with Gasteiger partial charge in [0, 0.05) is 22.9 Å². The zero-order valence-electron chi connectivity index (χ0n) is 10.9. The van der Waals surface area contributed by atoms with Gasteiger partial charge < -0.3 is 15.7 Å². The molecule has 0 unspecified atom stereocenters. The molecule has 1 rings (SSSR count). The van der Waals surface area contributed by atoms with Gasteiger partial charge in [-0.15, -0.1) is 0 Å². The van der Waals surface area contributed by atoms with Crippen LogP contribution in [0.2, 0.25) is 5.02 Å².